The molecule has 2 saturated heterocycles. The molecule has 56 heavy (non-hydrogen) atoms. The van der Waals surface area contributed by atoms with Crippen molar-refractivity contribution >= 4 is 47.2 Å². The fourth-order valence-electron chi connectivity index (χ4n) is 6.34. The van der Waals surface area contributed by atoms with Crippen LogP contribution in [-0.2, 0) is 23.9 Å². The van der Waals surface area contributed by atoms with Gasteiger partial charge in [-0.25, -0.2) is 0 Å². The smallest absolute Gasteiger partial charge is 0.306 e. The summed E-state index contributed by atoms with van der Waals surface area (Å²) in [4.78, 5) is 102. The third kappa shape index (κ3) is 11.1. The summed E-state index contributed by atoms with van der Waals surface area (Å²) in [6.45, 7) is 5.09. The highest BCUT2D eigenvalue weighted by molar-refractivity contribution is 6.23. The monoisotopic (exact) mass is 788 g/mol. The Labute approximate surface area is 332 Å². The topological polar surface area (TPSA) is 219 Å². The number of imide groups is 2. The maximum Gasteiger partial charge on any atom is 0.306 e. The van der Waals surface area contributed by atoms with Gasteiger partial charge in [0.25, 0.3) is 23.6 Å². The normalized spacial score (nSPS) is 21.2. The summed E-state index contributed by atoms with van der Waals surface area (Å²) in [6, 6.07) is 12.0. The number of carbonyl (C=O) groups excluding carboxylic acids is 8. The molecule has 4 heterocycles. The minimum atomic E-state index is -0.651. The fourth-order valence-corrected chi connectivity index (χ4v) is 6.34. The number of hydrogen-bond donors (Lipinski definition) is 3. The number of hydrogen-bond acceptors (Lipinski definition) is 12. The summed E-state index contributed by atoms with van der Waals surface area (Å²) < 4.78 is 31.9. The van der Waals surface area contributed by atoms with Gasteiger partial charge in [-0.15, -0.1) is 0 Å². The van der Waals surface area contributed by atoms with Gasteiger partial charge >= 0.3 is 5.97 Å². The molecule has 16 nitrogen and oxygen atoms in total. The Kier molecular flexibility index (Phi) is 16.1. The Morgan fingerprint density at radius 2 is 1.12 bits per heavy atom. The first-order valence-corrected chi connectivity index (χ1v) is 18.2. The largest absolute Gasteiger partial charge is 0.460 e. The molecule has 3 N–H and O–H groups in total. The summed E-state index contributed by atoms with van der Waals surface area (Å²) in [6.07, 6.45) is -0.0959. The van der Waals surface area contributed by atoms with Crippen molar-refractivity contribution in [3.8, 4) is 0 Å². The van der Waals surface area contributed by atoms with Crippen LogP contribution in [0.4, 0.5) is 0 Å². The second kappa shape index (κ2) is 22.3. The molecule has 2 fully saturated rings. The average molecular weight is 789 g/mol. The Morgan fingerprint density at radius 1 is 0.732 bits per heavy atom. The van der Waals surface area contributed by atoms with Gasteiger partial charge in [-0.3, -0.25) is 48.2 Å². The van der Waals surface area contributed by atoms with Gasteiger partial charge in [-0.05, 0) is 44.5 Å². The van der Waals surface area contributed by atoms with Gasteiger partial charge in [0.1, 0.15) is 25.0 Å². The Hall–Kier alpha value is -5.32. The third-order valence-corrected chi connectivity index (χ3v) is 9.05. The van der Waals surface area contributed by atoms with E-state index in [2.05, 4.69) is 10.2 Å². The van der Waals surface area contributed by atoms with Gasteiger partial charge in [0.2, 0.25) is 14.7 Å². The van der Waals surface area contributed by atoms with E-state index >= 15 is 0 Å². The zero-order chi connectivity index (χ0) is 45.1. The molecule has 2 aromatic rings. The number of β-amino-alcohol motifs (C(OH)–C–C–N with tert-alkyl or cyclic N) is 1. The molecule has 0 unspecified atom stereocenters. The summed E-state index contributed by atoms with van der Waals surface area (Å²) in [5.74, 6) is -3.42. The highest BCUT2D eigenvalue weighted by Gasteiger charge is 2.41. The molecule has 306 valence electrons. The van der Waals surface area contributed by atoms with E-state index < -0.39 is 66.2 Å². The number of nitrogens with zero attached hydrogens (tertiary/aromatic N) is 4. The lowest BCUT2D eigenvalue weighted by Gasteiger charge is -2.23. The van der Waals surface area contributed by atoms with Crippen LogP contribution in [0.5, 0.6) is 0 Å². The number of aliphatic hydroxyl groups excluding tert-OH is 3. The number of aliphatic hydroxyl groups is 3. The van der Waals surface area contributed by atoms with Crippen LogP contribution < -0.4 is 0 Å². The van der Waals surface area contributed by atoms with E-state index in [4.69, 9.17) is 10.3 Å². The Balaban J connectivity index is 0.000000363. The van der Waals surface area contributed by atoms with Gasteiger partial charge in [-0.1, -0.05) is 45.0 Å². The molecular weight excluding hydrogens is 728 g/mol. The van der Waals surface area contributed by atoms with Crippen molar-refractivity contribution in [2.75, 3.05) is 40.4 Å². The standard InChI is InChI=1S/C21H24N2O6.C15H16N2O4.C2H6.2CH4O/c1-3-14(24)8-9-19(26)29-15-10-13(2)22(11-15)18(25)12-23-20(27)16-6-4-5-7-17(16)21(23)28;1-9-6-10(18)7-16(9)13(19)8-17-14(20)11-4-2-3-5-12(11)15(17)21;3*1-2/h4-7,13,15H,3,8-12H2,1-2H3;2-5,9-10,18H,6-8H2,1H3;1-2H3;2*2H,1H3/t13-,15-;9-,10-;;;/m11.../s1/i2D;1D;;2*2T. The van der Waals surface area contributed by atoms with Crippen molar-refractivity contribution in [3.05, 3.63) is 70.8 Å². The van der Waals surface area contributed by atoms with Crippen LogP contribution in [0.3, 0.4) is 0 Å². The number of esters is 1. The number of rotatable bonds is 9. The first-order valence-electron chi connectivity index (χ1n) is 20.4. The number of carbonyl (C=O) groups is 8. The molecule has 2 aromatic carbocycles. The molecule has 6 rings (SSSR count). The number of likely N-dealkylation sites (tertiary alicyclic amines) is 2. The lowest BCUT2D eigenvalue weighted by Crippen LogP contribution is -2.44. The fraction of sp³-hybridized carbons (Fsp3) is 0.500. The number of Topliss-reactive ketones (excluding diaryl/α,β-unsaturated/α-hetero) is 1. The summed E-state index contributed by atoms with van der Waals surface area (Å²) in [5.41, 5.74) is 1.14. The molecule has 6 amide bonds. The van der Waals surface area contributed by atoms with Crippen LogP contribution in [-0.4, -0.2) is 150 Å². The van der Waals surface area contributed by atoms with Crippen molar-refractivity contribution in [1.29, 1.82) is 2.86 Å². The number of fused-ring (bicyclic) bond motifs is 2. The van der Waals surface area contributed by atoms with Crippen molar-refractivity contribution in [1.82, 2.24) is 19.6 Å². The van der Waals surface area contributed by atoms with Crippen molar-refractivity contribution in [2.24, 2.45) is 0 Å². The molecule has 16 heteroatoms. The second-order valence-electron chi connectivity index (χ2n) is 12.5. The lowest BCUT2D eigenvalue weighted by molar-refractivity contribution is -0.150. The lowest BCUT2D eigenvalue weighted by atomic mass is 10.1. The molecule has 0 saturated carbocycles. The highest BCUT2D eigenvalue weighted by Crippen LogP contribution is 2.26. The SMILES string of the molecule is CC.[2H]C[C@@H]1C[C@@H](O)CN1C(=O)CN1C(=O)c2ccccc2C1=O.[2H]C[C@@H]1C[C@@H](OC(=O)CCC(=O)CC)CN1C(=O)CN1C(=O)c2ccccc2C1=O.[3H]OC.[3H]OC. The molecular formula is C40H54N4O12. The van der Waals surface area contributed by atoms with Crippen LogP contribution >= 0.6 is 0 Å². The van der Waals surface area contributed by atoms with E-state index in [1.165, 1.54) is 24.0 Å². The van der Waals surface area contributed by atoms with Crippen molar-refractivity contribution < 1.29 is 61.2 Å². The predicted molar refractivity (Wildman–Crippen MR) is 203 cm³/mol. The third-order valence-electron chi connectivity index (χ3n) is 9.05. The van der Waals surface area contributed by atoms with E-state index in [-0.39, 0.29) is 69.2 Å². The molecule has 4 aliphatic rings. The van der Waals surface area contributed by atoms with Crippen molar-refractivity contribution in [2.45, 2.75) is 91.0 Å². The van der Waals surface area contributed by atoms with Crippen LogP contribution in [0.15, 0.2) is 48.5 Å². The molecule has 4 aliphatic heterocycles. The molecule has 0 radical (unpaired) electrons. The summed E-state index contributed by atoms with van der Waals surface area (Å²) >= 11 is 0. The molecule has 0 aromatic heterocycles. The van der Waals surface area contributed by atoms with E-state index in [0.29, 0.717) is 30.4 Å². The minimum absolute atomic E-state index is 0.00901. The minimum Gasteiger partial charge on any atom is -0.460 e. The van der Waals surface area contributed by atoms with Gasteiger partial charge in [-0.2, -0.15) is 0 Å². The van der Waals surface area contributed by atoms with Crippen LogP contribution in [0.25, 0.3) is 0 Å². The summed E-state index contributed by atoms with van der Waals surface area (Å²) in [5, 5.41) is 16.6. The van der Waals surface area contributed by atoms with Gasteiger partial charge < -0.3 is 29.9 Å². The average Bonchev–Trinajstić information content (AvgIpc) is 3.98. The molecule has 4 atom stereocenters. The molecule has 0 spiro atoms. The van der Waals surface area contributed by atoms with E-state index in [1.54, 1.807) is 55.5 Å². The predicted octanol–water partition coefficient (Wildman–Crippen LogP) is 2.08. The first-order chi connectivity index (χ1) is 28.7. The number of amides is 6. The maximum absolute atomic E-state index is 12.8. The number of ether oxygens (including phenoxy) is 1. The van der Waals surface area contributed by atoms with E-state index in [9.17, 15) is 43.5 Å². The van der Waals surface area contributed by atoms with Gasteiger partial charge in [0.15, 0.2) is 0 Å². The molecule has 0 aliphatic carbocycles. The van der Waals surface area contributed by atoms with Crippen LogP contribution in [0.2, 0.25) is 0 Å². The number of benzene rings is 2. The first kappa shape index (κ1) is 40.3. The quantitative estimate of drug-likeness (QED) is 0.246. The zero-order valence-electron chi connectivity index (χ0n) is 36.4. The van der Waals surface area contributed by atoms with Crippen LogP contribution in [0, 0.1) is 0 Å². The number of ketones is 1. The Morgan fingerprint density at radius 3 is 1.52 bits per heavy atom. The Bertz CT molecular complexity index is 1760. The van der Waals surface area contributed by atoms with Gasteiger partial charge in [0.05, 0.1) is 41.3 Å². The summed E-state index contributed by atoms with van der Waals surface area (Å²) in [7, 11) is 2.58. The van der Waals surface area contributed by atoms with Gasteiger partial charge in [0, 0.05) is 54.9 Å². The van der Waals surface area contributed by atoms with E-state index in [0.717, 1.165) is 9.80 Å². The van der Waals surface area contributed by atoms with Crippen LogP contribution in [0.1, 0.15) is 111 Å². The second-order valence-corrected chi connectivity index (χ2v) is 12.5. The van der Waals surface area contributed by atoms with E-state index in [1.807, 2.05) is 13.8 Å². The highest BCUT2D eigenvalue weighted by atomic mass is 16.5. The maximum atomic E-state index is 12.8. The zero-order valence-corrected chi connectivity index (χ0v) is 32.4. The van der Waals surface area contributed by atoms with Crippen molar-refractivity contribution in [3.63, 3.8) is 0 Å². The molecule has 0 bridgehead atoms.